The quantitative estimate of drug-likeness (QED) is 0.541. The van der Waals surface area contributed by atoms with Gasteiger partial charge in [-0.2, -0.15) is 15.0 Å². The molecule has 0 saturated carbocycles. The van der Waals surface area contributed by atoms with Crippen LogP contribution in [0.5, 0.6) is 0 Å². The normalized spacial score (nSPS) is 10.9. The molecule has 0 aromatic heterocycles. The lowest BCUT2D eigenvalue weighted by Gasteiger charge is -2.00. The summed E-state index contributed by atoms with van der Waals surface area (Å²) in [5.74, 6) is 0. The van der Waals surface area contributed by atoms with E-state index in [-0.39, 0.29) is 5.56 Å². The van der Waals surface area contributed by atoms with Crippen LogP contribution in [0, 0.1) is 11.3 Å². The van der Waals surface area contributed by atoms with Crippen molar-refractivity contribution in [3.63, 3.8) is 0 Å². The molecular formula is C17H9N3OS. The molecule has 0 saturated heterocycles. The average molecular weight is 303 g/mol. The summed E-state index contributed by atoms with van der Waals surface area (Å²) in [7, 11) is 0. The predicted molar refractivity (Wildman–Crippen MR) is 86.6 cm³/mol. The van der Waals surface area contributed by atoms with Crippen molar-refractivity contribution in [3.8, 4) is 23.0 Å². The van der Waals surface area contributed by atoms with E-state index in [1.54, 1.807) is 24.3 Å². The highest BCUT2D eigenvalue weighted by Crippen LogP contribution is 2.30. The lowest BCUT2D eigenvalue weighted by Crippen LogP contribution is -2.14. The lowest BCUT2D eigenvalue weighted by molar-refractivity contribution is 0.859. The fourth-order valence-corrected chi connectivity index (χ4v) is 3.37. The number of benzene rings is 2. The summed E-state index contributed by atoms with van der Waals surface area (Å²) < 4.78 is 2.49. The standard InChI is InChI=1S/C17H9N3OS/c18-9-11-5-7-12(8-6-11)20-17(21)14-10-22-15-4-2-1-3-13(15)16(14)19-20/h1-8,10H. The van der Waals surface area contributed by atoms with E-state index in [2.05, 4.69) is 11.2 Å². The monoisotopic (exact) mass is 303 g/mol. The Bertz CT molecular complexity index is 1050. The molecule has 2 aliphatic heterocycles. The molecule has 0 radical (unpaired) electrons. The van der Waals surface area contributed by atoms with E-state index in [1.165, 1.54) is 16.0 Å². The van der Waals surface area contributed by atoms with Crippen LogP contribution in [0.3, 0.4) is 0 Å². The number of fused-ring (bicyclic) bond motifs is 3. The first-order valence-electron chi connectivity index (χ1n) is 6.68. The van der Waals surface area contributed by atoms with Crippen LogP contribution >= 0.6 is 11.3 Å². The van der Waals surface area contributed by atoms with Gasteiger partial charge < -0.3 is 0 Å². The highest BCUT2D eigenvalue weighted by Gasteiger charge is 2.18. The van der Waals surface area contributed by atoms with Crippen LogP contribution in [0.1, 0.15) is 5.56 Å². The van der Waals surface area contributed by atoms with Crippen molar-refractivity contribution in [2.45, 2.75) is 0 Å². The third-order valence-electron chi connectivity index (χ3n) is 3.56. The van der Waals surface area contributed by atoms with E-state index < -0.39 is 0 Å². The number of nitrogens with zero attached hydrogens (tertiary/aromatic N) is 3. The Morgan fingerprint density at radius 3 is 2.64 bits per heavy atom. The fraction of sp³-hybridized carbons (Fsp3) is 0. The molecule has 2 aromatic carbocycles. The largest absolute Gasteiger partial charge is 0.281 e. The second kappa shape index (κ2) is 4.79. The molecule has 4 nitrogen and oxygen atoms in total. The zero-order chi connectivity index (χ0) is 15.1. The Hall–Kier alpha value is -2.97. The number of rotatable bonds is 1. The van der Waals surface area contributed by atoms with Crippen molar-refractivity contribution in [2.75, 3.05) is 0 Å². The molecule has 4 rings (SSSR count). The van der Waals surface area contributed by atoms with Gasteiger partial charge in [-0.1, -0.05) is 18.2 Å². The van der Waals surface area contributed by atoms with E-state index in [0.717, 1.165) is 10.1 Å². The molecule has 2 aromatic rings. The van der Waals surface area contributed by atoms with Gasteiger partial charge in [0, 0.05) is 15.5 Å². The highest BCUT2D eigenvalue weighted by molar-refractivity contribution is 7.17. The molecule has 22 heavy (non-hydrogen) atoms. The molecule has 0 unspecified atom stereocenters. The molecule has 0 N–H and O–H groups in total. The maximum Gasteiger partial charge on any atom is 0.281 e. The van der Waals surface area contributed by atoms with Gasteiger partial charge in [-0.15, -0.1) is 11.3 Å². The Morgan fingerprint density at radius 2 is 1.86 bits per heavy atom. The minimum absolute atomic E-state index is 0.137. The average Bonchev–Trinajstić information content (AvgIpc) is 2.92. The molecule has 0 spiro atoms. The maximum absolute atomic E-state index is 12.6. The van der Waals surface area contributed by atoms with Gasteiger partial charge in [0.05, 0.1) is 22.9 Å². The van der Waals surface area contributed by atoms with Crippen molar-refractivity contribution in [1.29, 1.82) is 5.26 Å². The molecule has 2 aliphatic rings. The van der Waals surface area contributed by atoms with Crippen LogP contribution in [-0.4, -0.2) is 9.78 Å². The van der Waals surface area contributed by atoms with Crippen molar-refractivity contribution < 1.29 is 0 Å². The zero-order valence-electron chi connectivity index (χ0n) is 11.4. The van der Waals surface area contributed by atoms with Gasteiger partial charge in [-0.05, 0) is 30.3 Å². The van der Waals surface area contributed by atoms with E-state index in [1.807, 2.05) is 29.6 Å². The first-order chi connectivity index (χ1) is 10.8. The van der Waals surface area contributed by atoms with Gasteiger partial charge >= 0.3 is 0 Å². The maximum atomic E-state index is 12.6. The first-order valence-corrected chi connectivity index (χ1v) is 7.56. The van der Waals surface area contributed by atoms with E-state index in [4.69, 9.17) is 5.26 Å². The summed E-state index contributed by atoms with van der Waals surface area (Å²) in [5, 5.41) is 16.2. The second-order valence-corrected chi connectivity index (χ2v) is 5.78. The Morgan fingerprint density at radius 1 is 1.09 bits per heavy atom. The van der Waals surface area contributed by atoms with Crippen LogP contribution in [0.25, 0.3) is 27.0 Å². The molecule has 0 bridgehead atoms. The molecule has 0 amide bonds. The minimum atomic E-state index is -0.137. The van der Waals surface area contributed by atoms with E-state index in [0.29, 0.717) is 22.5 Å². The fourth-order valence-electron chi connectivity index (χ4n) is 2.46. The molecule has 2 heterocycles. The molecular weight excluding hydrogens is 294 g/mol. The molecule has 5 heteroatoms. The van der Waals surface area contributed by atoms with E-state index >= 15 is 0 Å². The van der Waals surface area contributed by atoms with Crippen molar-refractivity contribution in [3.05, 3.63) is 69.8 Å². The zero-order valence-corrected chi connectivity index (χ0v) is 12.2. The van der Waals surface area contributed by atoms with Gasteiger partial charge in [-0.3, -0.25) is 4.79 Å². The molecule has 0 atom stereocenters. The van der Waals surface area contributed by atoms with Crippen LogP contribution in [0.15, 0.2) is 58.7 Å². The van der Waals surface area contributed by atoms with Gasteiger partial charge in [0.1, 0.15) is 5.69 Å². The van der Waals surface area contributed by atoms with Gasteiger partial charge in [0.25, 0.3) is 5.56 Å². The lowest BCUT2D eigenvalue weighted by atomic mass is 10.1. The molecule has 0 aliphatic carbocycles. The summed E-state index contributed by atoms with van der Waals surface area (Å²) in [6.07, 6.45) is 0. The molecule has 0 fully saturated rings. The van der Waals surface area contributed by atoms with Gasteiger partial charge in [0.2, 0.25) is 0 Å². The SMILES string of the molecule is N#Cc1ccc(-n2nc3c4ccccc4scc-3c2=O)cc1. The predicted octanol–water partition coefficient (Wildman–Crippen LogP) is 3.42. The van der Waals surface area contributed by atoms with Crippen LogP contribution in [-0.2, 0) is 0 Å². The third kappa shape index (κ3) is 1.82. The first kappa shape index (κ1) is 12.7. The number of aromatic nitrogens is 2. The summed E-state index contributed by atoms with van der Waals surface area (Å²) >= 11 is 1.54. The smallest absolute Gasteiger partial charge is 0.267 e. The van der Waals surface area contributed by atoms with Crippen molar-refractivity contribution in [1.82, 2.24) is 9.78 Å². The summed E-state index contributed by atoms with van der Waals surface area (Å²) in [6.45, 7) is 0. The second-order valence-electron chi connectivity index (χ2n) is 4.87. The van der Waals surface area contributed by atoms with E-state index in [9.17, 15) is 4.79 Å². The van der Waals surface area contributed by atoms with Crippen LogP contribution < -0.4 is 5.56 Å². The van der Waals surface area contributed by atoms with Crippen molar-refractivity contribution >= 4 is 21.4 Å². The Kier molecular flexibility index (Phi) is 2.78. The summed E-state index contributed by atoms with van der Waals surface area (Å²) in [4.78, 5) is 12.6. The number of hydrogen-bond donors (Lipinski definition) is 0. The number of nitriles is 1. The van der Waals surface area contributed by atoms with Gasteiger partial charge in [-0.25, -0.2) is 0 Å². The topological polar surface area (TPSA) is 58.7 Å². The summed E-state index contributed by atoms with van der Waals surface area (Å²) in [6, 6.07) is 16.8. The Labute approximate surface area is 129 Å². The van der Waals surface area contributed by atoms with Crippen molar-refractivity contribution in [2.24, 2.45) is 0 Å². The minimum Gasteiger partial charge on any atom is -0.267 e. The van der Waals surface area contributed by atoms with Crippen LogP contribution in [0.2, 0.25) is 0 Å². The summed E-state index contributed by atoms with van der Waals surface area (Å²) in [5.41, 5.74) is 2.41. The van der Waals surface area contributed by atoms with Crippen LogP contribution in [0.4, 0.5) is 0 Å². The third-order valence-corrected chi connectivity index (χ3v) is 4.53. The van der Waals surface area contributed by atoms with Gasteiger partial charge in [0.15, 0.2) is 0 Å². The highest BCUT2D eigenvalue weighted by atomic mass is 32.1. The number of hydrogen-bond acceptors (Lipinski definition) is 4. The Balaban J connectivity index is 2.01. The molecule has 104 valence electrons.